The van der Waals surface area contributed by atoms with Gasteiger partial charge in [-0.05, 0) is 37.7 Å². The molecule has 1 aromatic carbocycles. The van der Waals surface area contributed by atoms with Gasteiger partial charge in [-0.15, -0.1) is 0 Å². The number of aliphatic hydroxyl groups excluding tert-OH is 1. The van der Waals surface area contributed by atoms with Crippen molar-refractivity contribution in [3.8, 4) is 0 Å². The number of benzene rings is 1. The number of ether oxygens (including phenoxy) is 1. The molecule has 3 atom stereocenters. The van der Waals surface area contributed by atoms with Crippen LogP contribution in [0.15, 0.2) is 30.3 Å². The van der Waals surface area contributed by atoms with E-state index >= 15 is 0 Å². The molecule has 1 heterocycles. The Labute approximate surface area is 157 Å². The molecule has 0 spiro atoms. The van der Waals surface area contributed by atoms with E-state index in [0.717, 1.165) is 18.4 Å². The Kier molecular flexibility index (Phi) is 8.22. The molecular weight excluding hydrogens is 352 g/mol. The fourth-order valence-electron chi connectivity index (χ4n) is 2.73. The summed E-state index contributed by atoms with van der Waals surface area (Å²) >= 11 is 0. The van der Waals surface area contributed by atoms with Crippen molar-refractivity contribution in [2.45, 2.75) is 50.4 Å². The van der Waals surface area contributed by atoms with E-state index in [2.05, 4.69) is 10.6 Å². The summed E-state index contributed by atoms with van der Waals surface area (Å²) in [5.74, 6) is -2.09. The van der Waals surface area contributed by atoms with Crippen molar-refractivity contribution in [1.29, 1.82) is 0 Å². The van der Waals surface area contributed by atoms with Gasteiger partial charge in [-0.25, -0.2) is 4.79 Å². The lowest BCUT2D eigenvalue weighted by Gasteiger charge is -2.18. The summed E-state index contributed by atoms with van der Waals surface area (Å²) in [6.45, 7) is 0.573. The lowest BCUT2D eigenvalue weighted by molar-refractivity contribution is -0.138. The minimum Gasteiger partial charge on any atom is -0.479 e. The average Bonchev–Trinajstić information content (AvgIpc) is 3.46. The van der Waals surface area contributed by atoms with Crippen LogP contribution in [0.5, 0.6) is 0 Å². The Balaban J connectivity index is 1.88. The van der Waals surface area contributed by atoms with Gasteiger partial charge in [0, 0.05) is 13.2 Å². The number of amides is 2. The molecule has 0 aromatic heterocycles. The van der Waals surface area contributed by atoms with Crippen molar-refractivity contribution < 1.29 is 29.3 Å². The molecule has 0 radical (unpaired) electrons. The Hall–Kier alpha value is -2.45. The number of hydrogen-bond acceptors (Lipinski definition) is 5. The third-order valence-corrected chi connectivity index (χ3v) is 4.33. The Morgan fingerprint density at radius 1 is 1.07 bits per heavy atom. The van der Waals surface area contributed by atoms with Crippen molar-refractivity contribution in [3.63, 3.8) is 0 Å². The quantitative estimate of drug-likeness (QED) is 0.305. The third kappa shape index (κ3) is 6.99. The first-order chi connectivity index (χ1) is 13.0. The standard InChI is InChI=1S/C19H26N2O6/c22-12-6-2-5-11-20-17(23)14(10-9-13-7-3-1-4-8-13)21-18(24)15-16(27-15)19(25)26/h1,3-4,7-8,14-16,22H,2,5-6,9-12H2,(H,20,23)(H,21,24)(H,25,26)/t14-,15+,16+/m1/s1. The summed E-state index contributed by atoms with van der Waals surface area (Å²) < 4.78 is 4.84. The van der Waals surface area contributed by atoms with Gasteiger partial charge in [-0.3, -0.25) is 9.59 Å². The minimum absolute atomic E-state index is 0.121. The van der Waals surface area contributed by atoms with E-state index in [1.165, 1.54) is 0 Å². The smallest absolute Gasteiger partial charge is 0.336 e. The lowest BCUT2D eigenvalue weighted by Crippen LogP contribution is -2.48. The topological polar surface area (TPSA) is 128 Å². The van der Waals surface area contributed by atoms with Crippen LogP contribution in [0, 0.1) is 0 Å². The summed E-state index contributed by atoms with van der Waals surface area (Å²) in [5, 5.41) is 23.0. The first-order valence-corrected chi connectivity index (χ1v) is 9.14. The average molecular weight is 378 g/mol. The van der Waals surface area contributed by atoms with Gasteiger partial charge in [0.15, 0.2) is 12.2 Å². The van der Waals surface area contributed by atoms with Gasteiger partial charge in [0.1, 0.15) is 6.04 Å². The molecular formula is C19H26N2O6. The highest BCUT2D eigenvalue weighted by molar-refractivity contribution is 5.95. The molecule has 1 aromatic rings. The largest absolute Gasteiger partial charge is 0.479 e. The highest BCUT2D eigenvalue weighted by atomic mass is 16.6. The zero-order valence-electron chi connectivity index (χ0n) is 15.1. The molecule has 1 aliphatic heterocycles. The van der Waals surface area contributed by atoms with Crippen LogP contribution < -0.4 is 10.6 Å². The molecule has 2 rings (SSSR count). The van der Waals surface area contributed by atoms with Crippen LogP contribution in [0.1, 0.15) is 31.2 Å². The van der Waals surface area contributed by atoms with Crippen LogP contribution in [0.4, 0.5) is 0 Å². The molecule has 0 bridgehead atoms. The molecule has 0 unspecified atom stereocenters. The predicted octanol–water partition coefficient (Wildman–Crippen LogP) is 0.235. The van der Waals surface area contributed by atoms with Crippen molar-refractivity contribution in [3.05, 3.63) is 35.9 Å². The second-order valence-corrected chi connectivity index (χ2v) is 6.48. The zero-order chi connectivity index (χ0) is 19.6. The fraction of sp³-hybridized carbons (Fsp3) is 0.526. The van der Waals surface area contributed by atoms with Crippen molar-refractivity contribution in [2.75, 3.05) is 13.2 Å². The number of aryl methyl sites for hydroxylation is 1. The summed E-state index contributed by atoms with van der Waals surface area (Å²) in [7, 11) is 0. The first kappa shape index (κ1) is 20.9. The number of carboxylic acid groups (broad SMARTS) is 1. The van der Waals surface area contributed by atoms with E-state index in [9.17, 15) is 14.4 Å². The Morgan fingerprint density at radius 2 is 1.81 bits per heavy atom. The molecule has 2 amide bonds. The maximum Gasteiger partial charge on any atom is 0.336 e. The number of hydrogen-bond donors (Lipinski definition) is 4. The normalized spacial score (nSPS) is 19.1. The molecule has 4 N–H and O–H groups in total. The highest BCUT2D eigenvalue weighted by Crippen LogP contribution is 2.22. The van der Waals surface area contributed by atoms with E-state index in [4.69, 9.17) is 14.9 Å². The number of carbonyl (C=O) groups is 3. The Bertz CT molecular complexity index is 636. The Morgan fingerprint density at radius 3 is 2.44 bits per heavy atom. The number of nitrogens with one attached hydrogen (secondary N) is 2. The van der Waals surface area contributed by atoms with Crippen LogP contribution in [0.3, 0.4) is 0 Å². The van der Waals surface area contributed by atoms with Gasteiger partial charge in [0.05, 0.1) is 0 Å². The van der Waals surface area contributed by atoms with E-state index in [1.54, 1.807) is 0 Å². The van der Waals surface area contributed by atoms with Gasteiger partial charge in [0.2, 0.25) is 5.91 Å². The molecule has 0 saturated carbocycles. The van der Waals surface area contributed by atoms with Gasteiger partial charge in [-0.2, -0.15) is 0 Å². The van der Waals surface area contributed by atoms with Crippen LogP contribution >= 0.6 is 0 Å². The molecule has 1 aliphatic rings. The molecule has 148 valence electrons. The summed E-state index contributed by atoms with van der Waals surface area (Å²) in [5.41, 5.74) is 1.04. The number of unbranched alkanes of at least 4 members (excludes halogenated alkanes) is 2. The number of epoxide rings is 1. The zero-order valence-corrected chi connectivity index (χ0v) is 15.1. The SMILES string of the molecule is O=C(O)[C@H]1O[C@@H]1C(=O)N[C@H](CCc1ccccc1)C(=O)NCCCCCO. The molecule has 8 nitrogen and oxygen atoms in total. The molecule has 1 fully saturated rings. The van der Waals surface area contributed by atoms with Gasteiger partial charge >= 0.3 is 5.97 Å². The molecule has 0 aliphatic carbocycles. The molecule has 1 saturated heterocycles. The predicted molar refractivity (Wildman–Crippen MR) is 96.9 cm³/mol. The monoisotopic (exact) mass is 378 g/mol. The van der Waals surface area contributed by atoms with Crippen molar-refractivity contribution >= 4 is 17.8 Å². The van der Waals surface area contributed by atoms with Crippen molar-refractivity contribution in [2.24, 2.45) is 0 Å². The second-order valence-electron chi connectivity index (χ2n) is 6.48. The first-order valence-electron chi connectivity index (χ1n) is 9.14. The lowest BCUT2D eigenvalue weighted by atomic mass is 10.0. The van der Waals surface area contributed by atoms with Gasteiger partial charge in [-0.1, -0.05) is 30.3 Å². The number of aliphatic hydroxyl groups is 1. The van der Waals surface area contributed by atoms with E-state index in [-0.39, 0.29) is 12.5 Å². The minimum atomic E-state index is -1.19. The summed E-state index contributed by atoms with van der Waals surface area (Å²) in [6.07, 6.45) is 1.02. The van der Waals surface area contributed by atoms with E-state index < -0.39 is 30.1 Å². The maximum absolute atomic E-state index is 12.5. The summed E-state index contributed by atoms with van der Waals surface area (Å²) in [6, 6.07) is 8.82. The third-order valence-electron chi connectivity index (χ3n) is 4.33. The number of carbonyl (C=O) groups excluding carboxylic acids is 2. The fourth-order valence-corrected chi connectivity index (χ4v) is 2.73. The van der Waals surface area contributed by atoms with Crippen LogP contribution in [0.25, 0.3) is 0 Å². The van der Waals surface area contributed by atoms with Crippen LogP contribution in [-0.4, -0.2) is 59.4 Å². The van der Waals surface area contributed by atoms with Gasteiger partial charge in [0.25, 0.3) is 5.91 Å². The second kappa shape index (κ2) is 10.6. The number of carboxylic acids is 1. The van der Waals surface area contributed by atoms with E-state index in [1.807, 2.05) is 30.3 Å². The highest BCUT2D eigenvalue weighted by Gasteiger charge is 2.51. The van der Waals surface area contributed by atoms with Crippen LogP contribution in [0.2, 0.25) is 0 Å². The van der Waals surface area contributed by atoms with Crippen LogP contribution in [-0.2, 0) is 25.5 Å². The van der Waals surface area contributed by atoms with E-state index in [0.29, 0.717) is 25.8 Å². The maximum atomic E-state index is 12.5. The summed E-state index contributed by atoms with van der Waals surface area (Å²) in [4.78, 5) is 35.4. The molecule has 8 heteroatoms. The number of aliphatic carboxylic acids is 1. The number of rotatable bonds is 12. The van der Waals surface area contributed by atoms with Gasteiger partial charge < -0.3 is 25.6 Å². The molecule has 27 heavy (non-hydrogen) atoms. The van der Waals surface area contributed by atoms with Crippen molar-refractivity contribution in [1.82, 2.24) is 10.6 Å².